The number of nitrogens with one attached hydrogen (secondary N) is 1. The molecule has 1 aliphatic rings. The molecule has 2 aromatic rings. The Morgan fingerprint density at radius 3 is 2.85 bits per heavy atom. The lowest BCUT2D eigenvalue weighted by Gasteiger charge is -2.29. The van der Waals surface area contributed by atoms with Gasteiger partial charge in [0.2, 0.25) is 0 Å². The largest absolute Gasteiger partial charge is 0.469 e. The van der Waals surface area contributed by atoms with Crippen LogP contribution in [0.5, 0.6) is 0 Å². The smallest absolute Gasteiger partial charge is 0.194 e. The van der Waals surface area contributed by atoms with Crippen molar-refractivity contribution in [1.82, 2.24) is 15.2 Å². The molecular weight excluding hydrogens is 459 g/mol. The average Bonchev–Trinajstić information content (AvgIpc) is 3.27. The lowest BCUT2D eigenvalue weighted by atomic mass is 9.96. The Labute approximate surface area is 177 Å². The molecule has 0 unspecified atom stereocenters. The van der Waals surface area contributed by atoms with E-state index in [0.717, 1.165) is 41.9 Å². The predicted octanol–water partition coefficient (Wildman–Crippen LogP) is 4.62. The molecular formula is C19H29IN4OS. The van der Waals surface area contributed by atoms with E-state index in [0.29, 0.717) is 6.04 Å². The third kappa shape index (κ3) is 6.57. The van der Waals surface area contributed by atoms with E-state index in [1.807, 2.05) is 19.1 Å². The molecule has 0 atom stereocenters. The molecule has 5 nitrogen and oxygen atoms in total. The molecule has 0 radical (unpaired) electrons. The number of nitrogens with zero attached hydrogens (tertiary/aromatic N) is 3. The minimum atomic E-state index is 0. The second-order valence-corrected chi connectivity index (χ2v) is 7.79. The molecule has 1 fully saturated rings. The summed E-state index contributed by atoms with van der Waals surface area (Å²) in [6.07, 6.45) is 9.00. The van der Waals surface area contributed by atoms with Crippen molar-refractivity contribution in [2.75, 3.05) is 13.6 Å². The summed E-state index contributed by atoms with van der Waals surface area (Å²) in [6.45, 7) is 3.56. The quantitative estimate of drug-likeness (QED) is 0.367. The zero-order chi connectivity index (χ0) is 17.5. The highest BCUT2D eigenvalue weighted by Crippen LogP contribution is 2.18. The van der Waals surface area contributed by atoms with Crippen LogP contribution < -0.4 is 5.32 Å². The molecule has 7 heteroatoms. The molecule has 26 heavy (non-hydrogen) atoms. The van der Waals surface area contributed by atoms with Crippen molar-refractivity contribution in [2.45, 2.75) is 58.0 Å². The molecule has 144 valence electrons. The number of hydrogen-bond donors (Lipinski definition) is 1. The van der Waals surface area contributed by atoms with E-state index in [-0.39, 0.29) is 24.0 Å². The van der Waals surface area contributed by atoms with Gasteiger partial charge < -0.3 is 14.6 Å². The Hall–Kier alpha value is -1.09. The molecule has 0 spiro atoms. The van der Waals surface area contributed by atoms with Crippen LogP contribution in [0.25, 0.3) is 0 Å². The van der Waals surface area contributed by atoms with Gasteiger partial charge in [-0.15, -0.1) is 35.3 Å². The average molecular weight is 488 g/mol. The highest BCUT2D eigenvalue weighted by Gasteiger charge is 2.17. The minimum absolute atomic E-state index is 0. The van der Waals surface area contributed by atoms with Gasteiger partial charge in [-0.3, -0.25) is 4.99 Å². The summed E-state index contributed by atoms with van der Waals surface area (Å²) in [7, 11) is 2.09. The maximum Gasteiger partial charge on any atom is 0.194 e. The third-order valence-corrected chi connectivity index (χ3v) is 5.39. The molecule has 1 saturated carbocycles. The molecule has 3 rings (SSSR count). The first-order valence-corrected chi connectivity index (χ1v) is 10.0. The summed E-state index contributed by atoms with van der Waals surface area (Å²) in [5.74, 6) is 1.96. The van der Waals surface area contributed by atoms with Crippen molar-refractivity contribution in [3.63, 3.8) is 0 Å². The number of halogens is 1. The van der Waals surface area contributed by atoms with E-state index in [4.69, 9.17) is 9.41 Å². The monoisotopic (exact) mass is 488 g/mol. The number of rotatable bonds is 6. The van der Waals surface area contributed by atoms with E-state index in [9.17, 15) is 0 Å². The summed E-state index contributed by atoms with van der Waals surface area (Å²) in [4.78, 5) is 11.6. The van der Waals surface area contributed by atoms with Gasteiger partial charge in [0, 0.05) is 31.4 Å². The van der Waals surface area contributed by atoms with Gasteiger partial charge in [0.25, 0.3) is 0 Å². The number of aliphatic imine (C=N–C) groups is 1. The summed E-state index contributed by atoms with van der Waals surface area (Å²) >= 11 is 1.70. The van der Waals surface area contributed by atoms with Crippen LogP contribution in [0.2, 0.25) is 0 Å². The summed E-state index contributed by atoms with van der Waals surface area (Å²) < 4.78 is 5.41. The summed E-state index contributed by atoms with van der Waals surface area (Å²) in [5, 5.41) is 6.93. The van der Waals surface area contributed by atoms with Crippen LogP contribution in [0, 0.1) is 6.92 Å². The van der Waals surface area contributed by atoms with Crippen LogP contribution >= 0.6 is 35.3 Å². The van der Waals surface area contributed by atoms with Crippen molar-refractivity contribution in [3.8, 4) is 0 Å². The number of furan rings is 1. The van der Waals surface area contributed by atoms with Crippen molar-refractivity contribution in [3.05, 3.63) is 40.2 Å². The van der Waals surface area contributed by atoms with Crippen LogP contribution in [0.4, 0.5) is 0 Å². The van der Waals surface area contributed by atoms with Crippen LogP contribution in [-0.2, 0) is 13.0 Å². The van der Waals surface area contributed by atoms with Crippen LogP contribution in [0.3, 0.4) is 0 Å². The topological polar surface area (TPSA) is 53.7 Å². The summed E-state index contributed by atoms with van der Waals surface area (Å²) in [5.41, 5.74) is 1.11. The molecule has 0 aromatic carbocycles. The fourth-order valence-corrected chi connectivity index (χ4v) is 3.84. The normalized spacial score (nSPS) is 15.5. The summed E-state index contributed by atoms with van der Waals surface area (Å²) in [6, 6.07) is 4.47. The number of thiazole rings is 1. The maximum absolute atomic E-state index is 5.41. The zero-order valence-electron chi connectivity index (χ0n) is 15.6. The van der Waals surface area contributed by atoms with Crippen molar-refractivity contribution < 1.29 is 4.42 Å². The standard InChI is InChI=1S/C19H28N4OS.HI/c1-15-21-17(14-25-15)13-23(2)19(22-16-7-4-3-5-8-16)20-11-10-18-9-6-12-24-18;/h6,9,12,14,16H,3-5,7-8,10-11,13H2,1-2H3,(H,20,22);1H. The van der Waals surface area contributed by atoms with Crippen LogP contribution in [-0.4, -0.2) is 35.5 Å². The Bertz CT molecular complexity index is 665. The Kier molecular flexibility index (Phi) is 8.90. The second kappa shape index (κ2) is 10.9. The van der Waals surface area contributed by atoms with Gasteiger partial charge in [0.05, 0.1) is 23.5 Å². The van der Waals surface area contributed by atoms with E-state index < -0.39 is 0 Å². The van der Waals surface area contributed by atoms with Gasteiger partial charge in [0.15, 0.2) is 5.96 Å². The molecule has 0 bridgehead atoms. The minimum Gasteiger partial charge on any atom is -0.469 e. The van der Waals surface area contributed by atoms with Gasteiger partial charge in [-0.25, -0.2) is 4.98 Å². The van der Waals surface area contributed by atoms with Gasteiger partial charge in [-0.2, -0.15) is 0 Å². The van der Waals surface area contributed by atoms with E-state index in [1.54, 1.807) is 17.6 Å². The zero-order valence-corrected chi connectivity index (χ0v) is 18.8. The van der Waals surface area contributed by atoms with Crippen molar-refractivity contribution >= 4 is 41.3 Å². The number of guanidine groups is 1. The van der Waals surface area contributed by atoms with Gasteiger partial charge >= 0.3 is 0 Å². The fourth-order valence-electron chi connectivity index (χ4n) is 3.23. The lowest BCUT2D eigenvalue weighted by molar-refractivity contribution is 0.385. The first-order chi connectivity index (χ1) is 12.2. The number of aryl methyl sites for hydroxylation is 1. The van der Waals surface area contributed by atoms with Gasteiger partial charge in [-0.05, 0) is 31.9 Å². The number of aromatic nitrogens is 1. The maximum atomic E-state index is 5.41. The molecule has 2 aromatic heterocycles. The van der Waals surface area contributed by atoms with E-state index in [1.165, 1.54) is 32.1 Å². The van der Waals surface area contributed by atoms with E-state index >= 15 is 0 Å². The van der Waals surface area contributed by atoms with Crippen molar-refractivity contribution in [1.29, 1.82) is 0 Å². The fraction of sp³-hybridized carbons (Fsp3) is 0.579. The Morgan fingerprint density at radius 2 is 2.19 bits per heavy atom. The molecule has 0 amide bonds. The first-order valence-electron chi connectivity index (χ1n) is 9.16. The van der Waals surface area contributed by atoms with Crippen molar-refractivity contribution in [2.24, 2.45) is 4.99 Å². The number of hydrogen-bond acceptors (Lipinski definition) is 4. The SMILES string of the molecule is Cc1nc(CN(C)C(=NCCc2ccco2)NC2CCCCC2)cs1.I. The molecule has 2 heterocycles. The molecule has 1 aliphatic carbocycles. The van der Waals surface area contributed by atoms with Gasteiger partial charge in [0.1, 0.15) is 5.76 Å². The Morgan fingerprint density at radius 1 is 1.38 bits per heavy atom. The van der Waals surface area contributed by atoms with E-state index in [2.05, 4.69) is 27.6 Å². The molecule has 0 aliphatic heterocycles. The first kappa shape index (κ1) is 21.2. The van der Waals surface area contributed by atoms with Crippen LogP contribution in [0.1, 0.15) is 48.6 Å². The molecule has 0 saturated heterocycles. The lowest BCUT2D eigenvalue weighted by Crippen LogP contribution is -2.45. The van der Waals surface area contributed by atoms with Gasteiger partial charge in [-0.1, -0.05) is 19.3 Å². The molecule has 1 N–H and O–H groups in total. The third-order valence-electron chi connectivity index (χ3n) is 4.57. The highest BCUT2D eigenvalue weighted by molar-refractivity contribution is 14.0. The predicted molar refractivity (Wildman–Crippen MR) is 118 cm³/mol. The van der Waals surface area contributed by atoms with Crippen LogP contribution in [0.15, 0.2) is 33.2 Å². The Balaban J connectivity index is 0.00000243. The highest BCUT2D eigenvalue weighted by atomic mass is 127. The second-order valence-electron chi connectivity index (χ2n) is 6.73.